The summed E-state index contributed by atoms with van der Waals surface area (Å²) < 4.78 is 0. The van der Waals surface area contributed by atoms with Crippen LogP contribution in [0.5, 0.6) is 0 Å². The Morgan fingerprint density at radius 3 is 3.08 bits per heavy atom. The molecule has 0 spiro atoms. The first-order valence-electron chi connectivity index (χ1n) is 4.67. The Balaban J connectivity index is 2.40. The predicted octanol–water partition coefficient (Wildman–Crippen LogP) is 0.808. The van der Waals surface area contributed by atoms with E-state index in [1.807, 2.05) is 0 Å². The fourth-order valence-corrected chi connectivity index (χ4v) is 2.07. The van der Waals surface area contributed by atoms with Gasteiger partial charge in [-0.25, -0.2) is 0 Å². The van der Waals surface area contributed by atoms with E-state index < -0.39 is 0 Å². The van der Waals surface area contributed by atoms with Gasteiger partial charge in [0, 0.05) is 30.1 Å². The van der Waals surface area contributed by atoms with Crippen LogP contribution in [-0.2, 0) is 0 Å². The van der Waals surface area contributed by atoms with Crippen LogP contribution in [0.2, 0.25) is 0 Å². The topological polar surface area (TPSA) is 3.24 Å². The van der Waals surface area contributed by atoms with Gasteiger partial charge in [-0.3, -0.25) is 0 Å². The minimum absolute atomic E-state index is 1.03. The van der Waals surface area contributed by atoms with E-state index in [0.717, 1.165) is 13.0 Å². The first-order valence-corrected chi connectivity index (χ1v) is 4.67. The molecule has 0 fully saturated rings. The highest BCUT2D eigenvalue weighted by molar-refractivity contribution is 5.55. The second kappa shape index (κ2) is 2.49. The summed E-state index contributed by atoms with van der Waals surface area (Å²) >= 11 is 0. The van der Waals surface area contributed by atoms with Crippen molar-refractivity contribution in [3.63, 3.8) is 0 Å². The van der Waals surface area contributed by atoms with Gasteiger partial charge in [0.25, 0.3) is 0 Å². The molecule has 0 saturated heterocycles. The Labute approximate surface area is 77.3 Å². The maximum atomic E-state index is 2.32. The molecule has 0 radical (unpaired) electrons. The van der Waals surface area contributed by atoms with E-state index >= 15 is 0 Å². The third-order valence-electron chi connectivity index (χ3n) is 2.72. The van der Waals surface area contributed by atoms with Crippen molar-refractivity contribution < 1.29 is 0 Å². The molecule has 1 aromatic rings. The van der Waals surface area contributed by atoms with Gasteiger partial charge in [0.1, 0.15) is 0 Å². The molecule has 2 heterocycles. The van der Waals surface area contributed by atoms with E-state index in [4.69, 9.17) is 0 Å². The Morgan fingerprint density at radius 1 is 1.15 bits per heavy atom. The number of benzene rings is 1. The van der Waals surface area contributed by atoms with Gasteiger partial charge in [-0.2, -0.15) is 0 Å². The quantitative estimate of drug-likeness (QED) is 0.555. The molecule has 2 aliphatic heterocycles. The molecule has 0 saturated carbocycles. The van der Waals surface area contributed by atoms with Gasteiger partial charge in [-0.05, 0) is 5.22 Å². The summed E-state index contributed by atoms with van der Waals surface area (Å²) in [5.41, 5.74) is 1.46. The molecular weight excluding hydrogens is 158 g/mol. The van der Waals surface area contributed by atoms with Crippen LogP contribution in [0.1, 0.15) is 6.42 Å². The monoisotopic (exact) mass is 169 g/mol. The van der Waals surface area contributed by atoms with Crippen molar-refractivity contribution in [1.29, 1.82) is 0 Å². The van der Waals surface area contributed by atoms with Gasteiger partial charge in [-0.1, -0.05) is 36.4 Å². The van der Waals surface area contributed by atoms with Crippen molar-refractivity contribution in [2.24, 2.45) is 0 Å². The average molecular weight is 169 g/mol. The normalized spacial score (nSPS) is 18.2. The minimum Gasteiger partial charge on any atom is -0.347 e. The highest BCUT2D eigenvalue weighted by atomic mass is 15.1. The molecule has 1 nitrogen and oxygen atoms in total. The van der Waals surface area contributed by atoms with E-state index in [0.29, 0.717) is 0 Å². The molecule has 0 aliphatic carbocycles. The van der Waals surface area contributed by atoms with Gasteiger partial charge >= 0.3 is 0 Å². The minimum atomic E-state index is 1.03. The van der Waals surface area contributed by atoms with Crippen LogP contribution >= 0.6 is 0 Å². The van der Waals surface area contributed by atoms with Gasteiger partial charge in [-0.15, -0.1) is 0 Å². The fraction of sp³-hybridized carbons (Fsp3) is 0.167. The van der Waals surface area contributed by atoms with E-state index in [1.54, 1.807) is 0 Å². The number of fused-ring (bicyclic) bond motifs is 2. The molecule has 1 heteroatoms. The summed E-state index contributed by atoms with van der Waals surface area (Å²) in [7, 11) is 0. The second-order valence-electron chi connectivity index (χ2n) is 3.48. The Bertz CT molecular complexity index is 482. The second-order valence-corrected chi connectivity index (χ2v) is 3.48. The van der Waals surface area contributed by atoms with Crippen molar-refractivity contribution in [2.45, 2.75) is 6.42 Å². The van der Waals surface area contributed by atoms with Crippen LogP contribution in [0, 0.1) is 0 Å². The van der Waals surface area contributed by atoms with E-state index in [1.165, 1.54) is 16.1 Å². The largest absolute Gasteiger partial charge is 0.347 e. The molecule has 1 aromatic carbocycles. The summed E-state index contributed by atoms with van der Waals surface area (Å²) in [6, 6.07) is 8.62. The van der Waals surface area contributed by atoms with Crippen molar-refractivity contribution in [1.82, 2.24) is 4.90 Å². The molecule has 0 N–H and O–H groups in total. The lowest BCUT2D eigenvalue weighted by molar-refractivity contribution is 0.604. The smallest absolute Gasteiger partial charge is 0.0412 e. The molecule has 0 aromatic heterocycles. The highest BCUT2D eigenvalue weighted by Gasteiger charge is 2.13. The van der Waals surface area contributed by atoms with Gasteiger partial charge < -0.3 is 4.90 Å². The molecule has 0 bridgehead atoms. The fourth-order valence-electron chi connectivity index (χ4n) is 2.07. The zero-order valence-electron chi connectivity index (χ0n) is 7.40. The number of hydrogen-bond acceptors (Lipinski definition) is 1. The predicted molar refractivity (Wildman–Crippen MR) is 54.0 cm³/mol. The lowest BCUT2D eigenvalue weighted by Gasteiger charge is -2.19. The highest BCUT2D eigenvalue weighted by Crippen LogP contribution is 2.18. The molecule has 0 amide bonds. The Kier molecular flexibility index (Phi) is 1.33. The Hall–Kier alpha value is -1.50. The van der Waals surface area contributed by atoms with Crippen LogP contribution < -0.4 is 10.4 Å². The van der Waals surface area contributed by atoms with Crippen molar-refractivity contribution in [3.8, 4) is 0 Å². The van der Waals surface area contributed by atoms with Crippen molar-refractivity contribution >= 4 is 11.8 Å². The molecule has 13 heavy (non-hydrogen) atoms. The van der Waals surface area contributed by atoms with Crippen LogP contribution in [-0.4, -0.2) is 11.4 Å². The average Bonchev–Trinajstić information content (AvgIpc) is 2.65. The van der Waals surface area contributed by atoms with Crippen molar-refractivity contribution in [2.75, 3.05) is 6.54 Å². The first-order chi connectivity index (χ1) is 6.45. The van der Waals surface area contributed by atoms with Crippen LogP contribution in [0.4, 0.5) is 0 Å². The van der Waals surface area contributed by atoms with Crippen LogP contribution in [0.15, 0.2) is 36.5 Å². The van der Waals surface area contributed by atoms with Gasteiger partial charge in [0.2, 0.25) is 0 Å². The van der Waals surface area contributed by atoms with Gasteiger partial charge in [0.15, 0.2) is 0 Å². The maximum Gasteiger partial charge on any atom is 0.0412 e. The van der Waals surface area contributed by atoms with E-state index in [2.05, 4.69) is 47.5 Å². The zero-order chi connectivity index (χ0) is 8.67. The first kappa shape index (κ1) is 6.96. The van der Waals surface area contributed by atoms with E-state index in [9.17, 15) is 0 Å². The molecule has 0 atom stereocenters. The van der Waals surface area contributed by atoms with Crippen LogP contribution in [0.3, 0.4) is 0 Å². The zero-order valence-corrected chi connectivity index (χ0v) is 7.40. The SMILES string of the molecule is C1=CN2CC=c3ccccc3=C2C1. The maximum absolute atomic E-state index is 2.32. The molecule has 0 unspecified atom stereocenters. The number of hydrogen-bond donors (Lipinski definition) is 0. The summed E-state index contributed by atoms with van der Waals surface area (Å²) in [5.74, 6) is 0. The van der Waals surface area contributed by atoms with Gasteiger partial charge in [0.05, 0.1) is 0 Å². The third-order valence-corrected chi connectivity index (χ3v) is 2.72. The lowest BCUT2D eigenvalue weighted by Crippen LogP contribution is -2.36. The Morgan fingerprint density at radius 2 is 2.08 bits per heavy atom. The molecule has 2 aliphatic rings. The molecular formula is C12H11N. The number of nitrogens with zero attached hydrogens (tertiary/aromatic N) is 1. The summed E-state index contributed by atoms with van der Waals surface area (Å²) in [4.78, 5) is 2.32. The van der Waals surface area contributed by atoms with E-state index in [-0.39, 0.29) is 0 Å². The van der Waals surface area contributed by atoms with Crippen molar-refractivity contribution in [3.05, 3.63) is 47.0 Å². The molecule has 64 valence electrons. The third kappa shape index (κ3) is 0.934. The summed E-state index contributed by atoms with van der Waals surface area (Å²) in [6.07, 6.45) is 7.78. The molecule has 3 rings (SSSR count). The van der Waals surface area contributed by atoms with Crippen LogP contribution in [0.25, 0.3) is 11.8 Å². The lowest BCUT2D eigenvalue weighted by atomic mass is 10.1. The number of rotatable bonds is 0. The summed E-state index contributed by atoms with van der Waals surface area (Å²) in [5, 5.41) is 2.79. The summed E-state index contributed by atoms with van der Waals surface area (Å²) in [6.45, 7) is 1.03. The standard InChI is InChI=1S/C12H11N/c1-2-5-11-10(4-1)7-9-13-8-3-6-12(11)13/h1-5,7-8H,6,9H2.